The lowest BCUT2D eigenvalue weighted by Crippen LogP contribution is -2.13. The fourth-order valence-corrected chi connectivity index (χ4v) is 5.71. The van der Waals surface area contributed by atoms with Gasteiger partial charge in [-0.2, -0.15) is 0 Å². The van der Waals surface area contributed by atoms with E-state index in [1.165, 1.54) is 36.3 Å². The van der Waals surface area contributed by atoms with Crippen LogP contribution < -0.4 is 16.4 Å². The third-order valence-electron chi connectivity index (χ3n) is 6.94. The summed E-state index contributed by atoms with van der Waals surface area (Å²) >= 11 is 6.76. The zero-order valence-corrected chi connectivity index (χ0v) is 30.2. The maximum atomic E-state index is 6.76. The third-order valence-corrected chi connectivity index (χ3v) is 9.51. The Hall–Kier alpha value is -2.92. The first kappa shape index (κ1) is 39.1. The van der Waals surface area contributed by atoms with Gasteiger partial charge in [-0.3, -0.25) is 4.67 Å². The summed E-state index contributed by atoms with van der Waals surface area (Å²) in [6, 6.07) is 17.1. The number of nitrogens with two attached hydrogens (primary N) is 1. The quantitative estimate of drug-likeness (QED) is 0.160. The molecule has 4 aromatic rings. The zero-order chi connectivity index (χ0) is 33.1. The van der Waals surface area contributed by atoms with E-state index in [9.17, 15) is 0 Å². The summed E-state index contributed by atoms with van der Waals surface area (Å²) in [4.78, 5) is 9.04. The number of nitrogens with one attached hydrogen (secondary N) is 1. The standard InChI is InChI=1S/C29H37ClN5P.C3H8.C2H5N.C2H6/c1-6-21(2)9-8-15-35-16-14-27-28(35)29(32-20-31-27)33-24-13-12-23(26(30)19-24)17-22-10-7-11-25(18-22)36(5)34(3)4;1-3-2;1-2-3;1-2/h7,10-14,16,18-21H,6,8-9,15,17H2,1-5H3,(H,31,32,33);3H2,1-2H3;2H,1,3H2;1-2H3. The predicted octanol–water partition coefficient (Wildman–Crippen LogP) is 9.99. The minimum atomic E-state index is -0.312. The van der Waals surface area contributed by atoms with Crippen LogP contribution in [0.25, 0.3) is 11.0 Å². The molecule has 8 heteroatoms. The molecule has 2 atom stereocenters. The van der Waals surface area contributed by atoms with Crippen LogP contribution in [0.2, 0.25) is 5.02 Å². The van der Waals surface area contributed by atoms with Gasteiger partial charge in [-0.15, -0.1) is 0 Å². The van der Waals surface area contributed by atoms with E-state index in [4.69, 9.17) is 11.6 Å². The van der Waals surface area contributed by atoms with Crippen molar-refractivity contribution < 1.29 is 0 Å². The summed E-state index contributed by atoms with van der Waals surface area (Å²) in [6.45, 7) is 19.2. The van der Waals surface area contributed by atoms with E-state index in [0.29, 0.717) is 0 Å². The number of aryl methyl sites for hydroxylation is 1. The van der Waals surface area contributed by atoms with Gasteiger partial charge in [0.15, 0.2) is 5.82 Å². The van der Waals surface area contributed by atoms with Crippen LogP contribution in [0.3, 0.4) is 0 Å². The van der Waals surface area contributed by atoms with E-state index in [-0.39, 0.29) is 8.07 Å². The topological polar surface area (TPSA) is 72.0 Å². The van der Waals surface area contributed by atoms with E-state index in [0.717, 1.165) is 58.4 Å². The molecule has 0 fully saturated rings. The van der Waals surface area contributed by atoms with Crippen molar-refractivity contribution in [2.75, 3.05) is 26.1 Å². The molecule has 0 spiro atoms. The Morgan fingerprint density at radius 1 is 1.09 bits per heavy atom. The smallest absolute Gasteiger partial charge is 0.158 e. The fourth-order valence-electron chi connectivity index (χ4n) is 4.35. The SMILES string of the molecule is C=CN.CC.CCC.CCC(C)CCCn1ccc2ncnc(Nc3ccc(Cc4cccc(P(C)N(C)C)c4)c(Cl)c3)c21. The van der Waals surface area contributed by atoms with Crippen LogP contribution >= 0.6 is 19.7 Å². The van der Waals surface area contributed by atoms with Gasteiger partial charge in [0, 0.05) is 23.5 Å². The van der Waals surface area contributed by atoms with Crippen molar-refractivity contribution in [3.8, 4) is 0 Å². The van der Waals surface area contributed by atoms with Crippen LogP contribution in [0.15, 0.2) is 73.8 Å². The zero-order valence-electron chi connectivity index (χ0n) is 28.6. The molecular formula is C36H56ClN6P. The lowest BCUT2D eigenvalue weighted by atomic mass is 10.0. The summed E-state index contributed by atoms with van der Waals surface area (Å²) in [6.07, 6.45) is 10.6. The van der Waals surface area contributed by atoms with Crippen molar-refractivity contribution in [2.24, 2.45) is 11.7 Å². The highest BCUT2D eigenvalue weighted by Gasteiger charge is 2.12. The van der Waals surface area contributed by atoms with Crippen LogP contribution in [0.1, 0.15) is 78.4 Å². The molecule has 0 saturated heterocycles. The Kier molecular flexibility index (Phi) is 19.3. The molecule has 242 valence electrons. The highest BCUT2D eigenvalue weighted by Crippen LogP contribution is 2.32. The summed E-state index contributed by atoms with van der Waals surface area (Å²) in [5.41, 5.74) is 9.92. The number of halogens is 1. The minimum absolute atomic E-state index is 0.312. The Labute approximate surface area is 273 Å². The summed E-state index contributed by atoms with van der Waals surface area (Å²) < 4.78 is 4.55. The molecule has 0 radical (unpaired) electrons. The van der Waals surface area contributed by atoms with Crippen LogP contribution in [-0.4, -0.2) is 40.0 Å². The molecule has 0 aliphatic carbocycles. The largest absolute Gasteiger partial charge is 0.405 e. The van der Waals surface area contributed by atoms with Crippen LogP contribution in [-0.2, 0) is 13.0 Å². The van der Waals surface area contributed by atoms with Gasteiger partial charge in [0.25, 0.3) is 0 Å². The number of benzene rings is 2. The average molecular weight is 639 g/mol. The van der Waals surface area contributed by atoms with Gasteiger partial charge in [0.1, 0.15) is 11.8 Å². The van der Waals surface area contributed by atoms with Crippen LogP contribution in [0.5, 0.6) is 0 Å². The molecule has 0 amide bonds. The van der Waals surface area contributed by atoms with E-state index in [2.05, 4.69) is 134 Å². The Morgan fingerprint density at radius 2 is 1.77 bits per heavy atom. The number of fused-ring (bicyclic) bond motifs is 1. The molecule has 0 bridgehead atoms. The van der Waals surface area contributed by atoms with Gasteiger partial charge in [-0.05, 0) is 101 Å². The lowest BCUT2D eigenvalue weighted by molar-refractivity contribution is 0.472. The molecule has 0 aliphatic rings. The maximum Gasteiger partial charge on any atom is 0.158 e. The normalized spacial score (nSPS) is 11.7. The van der Waals surface area contributed by atoms with E-state index < -0.39 is 0 Å². The first-order valence-corrected chi connectivity index (χ1v) is 18.0. The molecule has 2 aromatic heterocycles. The number of hydrogen-bond donors (Lipinski definition) is 2. The van der Waals surface area contributed by atoms with Crippen molar-refractivity contribution in [3.63, 3.8) is 0 Å². The second-order valence-electron chi connectivity index (χ2n) is 10.7. The van der Waals surface area contributed by atoms with Gasteiger partial charge in [-0.25, -0.2) is 9.97 Å². The molecule has 0 aliphatic heterocycles. The fraction of sp³-hybridized carbons (Fsp3) is 0.444. The monoisotopic (exact) mass is 638 g/mol. The number of anilines is 2. The van der Waals surface area contributed by atoms with Crippen molar-refractivity contribution in [1.82, 2.24) is 19.2 Å². The first-order valence-electron chi connectivity index (χ1n) is 15.9. The molecular weight excluding hydrogens is 583 g/mol. The second kappa shape index (κ2) is 21.7. The van der Waals surface area contributed by atoms with Crippen molar-refractivity contribution >= 4 is 47.5 Å². The van der Waals surface area contributed by atoms with E-state index in [1.54, 1.807) is 6.33 Å². The predicted molar refractivity (Wildman–Crippen MR) is 198 cm³/mol. The molecule has 2 aromatic carbocycles. The molecule has 2 heterocycles. The van der Waals surface area contributed by atoms with Crippen molar-refractivity contribution in [2.45, 2.75) is 80.2 Å². The summed E-state index contributed by atoms with van der Waals surface area (Å²) in [7, 11) is 3.96. The number of aromatic nitrogens is 3. The van der Waals surface area contributed by atoms with Gasteiger partial charge in [0.05, 0.1) is 5.52 Å². The molecule has 0 saturated carbocycles. The number of nitrogens with zero attached hydrogens (tertiary/aromatic N) is 4. The molecule has 44 heavy (non-hydrogen) atoms. The number of hydrogen-bond acceptors (Lipinski definition) is 5. The second-order valence-corrected chi connectivity index (χ2v) is 13.5. The van der Waals surface area contributed by atoms with Crippen molar-refractivity contribution in [3.05, 3.63) is 90.0 Å². The molecule has 6 nitrogen and oxygen atoms in total. The van der Waals surface area contributed by atoms with Gasteiger partial charge in [0.2, 0.25) is 0 Å². The minimum Gasteiger partial charge on any atom is -0.405 e. The van der Waals surface area contributed by atoms with Crippen LogP contribution in [0, 0.1) is 5.92 Å². The Balaban J connectivity index is 0.00000110. The van der Waals surface area contributed by atoms with E-state index in [1.807, 2.05) is 19.9 Å². The summed E-state index contributed by atoms with van der Waals surface area (Å²) in [5, 5.41) is 5.63. The first-order chi connectivity index (χ1) is 21.2. The van der Waals surface area contributed by atoms with Crippen molar-refractivity contribution in [1.29, 1.82) is 0 Å². The van der Waals surface area contributed by atoms with Crippen LogP contribution in [0.4, 0.5) is 11.5 Å². The highest BCUT2D eigenvalue weighted by atomic mass is 35.5. The Bertz CT molecular complexity index is 1370. The van der Waals surface area contributed by atoms with Gasteiger partial charge in [-0.1, -0.05) is 96.8 Å². The van der Waals surface area contributed by atoms with Gasteiger partial charge < -0.3 is 15.6 Å². The molecule has 2 unspecified atom stereocenters. The Morgan fingerprint density at radius 3 is 2.39 bits per heavy atom. The summed E-state index contributed by atoms with van der Waals surface area (Å²) in [5.74, 6) is 1.56. The van der Waals surface area contributed by atoms with E-state index >= 15 is 0 Å². The average Bonchev–Trinajstić information content (AvgIpc) is 3.44. The molecule has 4 rings (SSSR count). The molecule has 3 N–H and O–H groups in total. The maximum absolute atomic E-state index is 6.76. The highest BCUT2D eigenvalue weighted by molar-refractivity contribution is 7.62. The van der Waals surface area contributed by atoms with Gasteiger partial charge >= 0.3 is 0 Å². The lowest BCUT2D eigenvalue weighted by Gasteiger charge is -2.20. The number of rotatable bonds is 11. The third kappa shape index (κ3) is 12.6.